The maximum Gasteiger partial charge on any atom is 0.319 e. The number of H-pyrrole nitrogens is 1. The largest absolute Gasteiger partial charge is 0.468 e. The lowest BCUT2D eigenvalue weighted by molar-refractivity contribution is -0.142. The zero-order valence-electron chi connectivity index (χ0n) is 15.4. The van der Waals surface area contributed by atoms with Gasteiger partial charge in [-0.2, -0.15) is 4.98 Å². The molecule has 1 N–H and O–H groups in total. The van der Waals surface area contributed by atoms with Crippen molar-refractivity contribution in [2.45, 2.75) is 20.1 Å². The third-order valence-corrected chi connectivity index (χ3v) is 4.49. The van der Waals surface area contributed by atoms with Gasteiger partial charge in [-0.05, 0) is 24.7 Å². The molecule has 2 aromatic carbocycles. The Morgan fingerprint density at radius 1 is 1.19 bits per heavy atom. The van der Waals surface area contributed by atoms with E-state index in [1.165, 1.54) is 12.7 Å². The van der Waals surface area contributed by atoms with E-state index in [1.807, 2.05) is 66.4 Å². The van der Waals surface area contributed by atoms with Crippen LogP contribution in [0.5, 0.6) is 0 Å². The Morgan fingerprint density at radius 2 is 1.89 bits per heavy atom. The van der Waals surface area contributed by atoms with Crippen LogP contribution in [0.1, 0.15) is 11.1 Å². The van der Waals surface area contributed by atoms with E-state index in [4.69, 9.17) is 17.0 Å². The SMILES string of the molecule is COC(=O)CN(Cc1ccccc1)Cn1[nH]c(-c2ccc(C)cc2)nc1=S. The second kappa shape index (κ2) is 8.75. The number of aromatic nitrogens is 3. The number of esters is 1. The van der Waals surface area contributed by atoms with Crippen LogP contribution in [0.15, 0.2) is 54.6 Å². The number of nitrogens with one attached hydrogen (secondary N) is 1. The van der Waals surface area contributed by atoms with Gasteiger partial charge in [0.2, 0.25) is 4.77 Å². The van der Waals surface area contributed by atoms with Crippen LogP contribution in [0.2, 0.25) is 0 Å². The van der Waals surface area contributed by atoms with Gasteiger partial charge in [0.15, 0.2) is 5.82 Å². The molecule has 0 amide bonds. The van der Waals surface area contributed by atoms with Crippen molar-refractivity contribution < 1.29 is 9.53 Å². The molecule has 0 aliphatic heterocycles. The molecule has 0 aliphatic rings. The number of nitrogens with zero attached hydrogens (tertiary/aromatic N) is 3. The number of hydrogen-bond donors (Lipinski definition) is 1. The number of aromatic amines is 1. The Bertz CT molecular complexity index is 948. The van der Waals surface area contributed by atoms with Crippen molar-refractivity contribution in [3.8, 4) is 11.4 Å². The Balaban J connectivity index is 1.81. The number of benzene rings is 2. The van der Waals surface area contributed by atoms with Gasteiger partial charge in [-0.3, -0.25) is 14.8 Å². The molecule has 6 nitrogen and oxygen atoms in total. The van der Waals surface area contributed by atoms with Crippen LogP contribution in [0, 0.1) is 11.7 Å². The fraction of sp³-hybridized carbons (Fsp3) is 0.250. The highest BCUT2D eigenvalue weighted by molar-refractivity contribution is 7.71. The van der Waals surface area contributed by atoms with E-state index in [-0.39, 0.29) is 12.5 Å². The summed E-state index contributed by atoms with van der Waals surface area (Å²) >= 11 is 5.40. The molecule has 3 aromatic rings. The Hall–Kier alpha value is -2.77. The molecule has 140 valence electrons. The molecular weight excluding hydrogens is 360 g/mol. The molecular formula is C20H22N4O2S. The minimum atomic E-state index is -0.296. The summed E-state index contributed by atoms with van der Waals surface area (Å²) < 4.78 is 7.03. The highest BCUT2D eigenvalue weighted by Gasteiger charge is 2.14. The van der Waals surface area contributed by atoms with Gasteiger partial charge in [0.25, 0.3) is 0 Å². The molecule has 0 radical (unpaired) electrons. The zero-order valence-corrected chi connectivity index (χ0v) is 16.2. The molecule has 0 atom stereocenters. The molecule has 7 heteroatoms. The Morgan fingerprint density at radius 3 is 2.56 bits per heavy atom. The molecule has 0 unspecified atom stereocenters. The minimum absolute atomic E-state index is 0.159. The number of aryl methyl sites for hydroxylation is 1. The van der Waals surface area contributed by atoms with Crippen LogP contribution in [-0.2, 0) is 22.7 Å². The average molecular weight is 382 g/mol. The van der Waals surface area contributed by atoms with Crippen LogP contribution in [0.4, 0.5) is 0 Å². The number of hydrogen-bond acceptors (Lipinski definition) is 5. The number of carbonyl (C=O) groups excluding carboxylic acids is 1. The first-order valence-corrected chi connectivity index (χ1v) is 9.03. The van der Waals surface area contributed by atoms with Crippen molar-refractivity contribution >= 4 is 18.2 Å². The third-order valence-electron chi connectivity index (χ3n) is 4.18. The van der Waals surface area contributed by atoms with E-state index in [9.17, 15) is 4.79 Å². The molecule has 27 heavy (non-hydrogen) atoms. The van der Waals surface area contributed by atoms with E-state index >= 15 is 0 Å². The van der Waals surface area contributed by atoms with Crippen LogP contribution in [-0.4, -0.2) is 39.3 Å². The number of rotatable bonds is 7. The molecule has 0 saturated heterocycles. The van der Waals surface area contributed by atoms with Crippen LogP contribution < -0.4 is 0 Å². The van der Waals surface area contributed by atoms with E-state index < -0.39 is 0 Å². The molecule has 0 fully saturated rings. The quantitative estimate of drug-likeness (QED) is 0.500. The van der Waals surface area contributed by atoms with Crippen molar-refractivity contribution in [3.05, 3.63) is 70.5 Å². The summed E-state index contributed by atoms with van der Waals surface area (Å²) in [6.07, 6.45) is 0. The maximum absolute atomic E-state index is 11.8. The summed E-state index contributed by atoms with van der Waals surface area (Å²) in [6, 6.07) is 18.0. The Labute approximate surface area is 163 Å². The minimum Gasteiger partial charge on any atom is -0.468 e. The maximum atomic E-state index is 11.8. The van der Waals surface area contributed by atoms with Crippen molar-refractivity contribution in [1.29, 1.82) is 0 Å². The van der Waals surface area contributed by atoms with Gasteiger partial charge in [-0.15, -0.1) is 0 Å². The Kier molecular flexibility index (Phi) is 6.16. The van der Waals surface area contributed by atoms with E-state index in [1.54, 1.807) is 4.68 Å². The first-order valence-electron chi connectivity index (χ1n) is 8.62. The normalized spacial score (nSPS) is 10.9. The van der Waals surface area contributed by atoms with Gasteiger partial charge in [0, 0.05) is 12.1 Å². The molecule has 1 heterocycles. The van der Waals surface area contributed by atoms with Gasteiger partial charge < -0.3 is 4.74 Å². The van der Waals surface area contributed by atoms with Crippen LogP contribution >= 0.6 is 12.2 Å². The molecule has 0 bridgehead atoms. The summed E-state index contributed by atoms with van der Waals surface area (Å²) in [7, 11) is 1.39. The van der Waals surface area contributed by atoms with E-state index in [2.05, 4.69) is 10.1 Å². The highest BCUT2D eigenvalue weighted by Crippen LogP contribution is 2.16. The standard InChI is InChI=1S/C20H22N4O2S/c1-15-8-10-17(11-9-15)19-21-20(27)24(22-19)14-23(13-18(25)26-2)12-16-6-4-3-5-7-16/h3-11H,12-14H2,1-2H3,(H,21,22,27). The molecule has 0 aliphatic carbocycles. The smallest absolute Gasteiger partial charge is 0.319 e. The summed E-state index contributed by atoms with van der Waals surface area (Å²) in [6.45, 7) is 3.20. The van der Waals surface area contributed by atoms with Crippen molar-refractivity contribution in [3.63, 3.8) is 0 Å². The van der Waals surface area contributed by atoms with E-state index in [0.717, 1.165) is 11.1 Å². The third kappa shape index (κ3) is 5.12. The van der Waals surface area contributed by atoms with Crippen LogP contribution in [0.25, 0.3) is 11.4 Å². The summed E-state index contributed by atoms with van der Waals surface area (Å²) in [5.41, 5.74) is 3.25. The number of carbonyl (C=O) groups is 1. The molecule has 3 rings (SSSR count). The fourth-order valence-corrected chi connectivity index (χ4v) is 2.93. The van der Waals surface area contributed by atoms with Gasteiger partial charge in [-0.1, -0.05) is 60.2 Å². The molecule has 0 saturated carbocycles. The summed E-state index contributed by atoms with van der Waals surface area (Å²) in [5.74, 6) is 0.411. The van der Waals surface area contributed by atoms with E-state index in [0.29, 0.717) is 23.8 Å². The van der Waals surface area contributed by atoms with Gasteiger partial charge >= 0.3 is 5.97 Å². The second-order valence-corrected chi connectivity index (χ2v) is 6.70. The monoisotopic (exact) mass is 382 g/mol. The van der Waals surface area contributed by atoms with Gasteiger partial charge in [0.1, 0.15) is 0 Å². The number of ether oxygens (including phenoxy) is 1. The van der Waals surface area contributed by atoms with Crippen molar-refractivity contribution in [1.82, 2.24) is 19.7 Å². The predicted octanol–water partition coefficient (Wildman–Crippen LogP) is 3.55. The van der Waals surface area contributed by atoms with Crippen molar-refractivity contribution in [2.24, 2.45) is 0 Å². The lowest BCUT2D eigenvalue weighted by atomic mass is 10.1. The number of methoxy groups -OCH3 is 1. The summed E-state index contributed by atoms with van der Waals surface area (Å²) in [4.78, 5) is 18.2. The predicted molar refractivity (Wildman–Crippen MR) is 106 cm³/mol. The second-order valence-electron chi connectivity index (χ2n) is 6.34. The van der Waals surface area contributed by atoms with Gasteiger partial charge in [0.05, 0.1) is 20.3 Å². The lowest BCUT2D eigenvalue weighted by Crippen LogP contribution is -2.32. The first-order chi connectivity index (χ1) is 13.0. The average Bonchev–Trinajstić information content (AvgIpc) is 3.03. The fourth-order valence-electron chi connectivity index (χ4n) is 2.74. The van der Waals surface area contributed by atoms with Crippen LogP contribution in [0.3, 0.4) is 0 Å². The lowest BCUT2D eigenvalue weighted by Gasteiger charge is -2.21. The van der Waals surface area contributed by atoms with Crippen molar-refractivity contribution in [2.75, 3.05) is 13.7 Å². The first kappa shape index (κ1) is 19.0. The highest BCUT2D eigenvalue weighted by atomic mass is 32.1. The molecule has 1 aromatic heterocycles. The topological polar surface area (TPSA) is 63.1 Å². The van der Waals surface area contributed by atoms with Gasteiger partial charge in [-0.25, -0.2) is 4.68 Å². The molecule has 0 spiro atoms. The summed E-state index contributed by atoms with van der Waals surface area (Å²) in [5, 5.41) is 3.23. The zero-order chi connectivity index (χ0) is 19.2.